The number of rotatable bonds is 10. The van der Waals surface area contributed by atoms with Crippen LogP contribution in [0.25, 0.3) is 0 Å². The lowest BCUT2D eigenvalue weighted by Crippen LogP contribution is -2.36. The summed E-state index contributed by atoms with van der Waals surface area (Å²) in [7, 11) is 0. The van der Waals surface area contributed by atoms with Crippen molar-refractivity contribution in [3.8, 4) is 5.75 Å². The highest BCUT2D eigenvalue weighted by Gasteiger charge is 2.27. The van der Waals surface area contributed by atoms with Crippen molar-refractivity contribution in [2.45, 2.75) is 138 Å². The molecule has 242 valence electrons. The lowest BCUT2D eigenvalue weighted by atomic mass is 9.79. The fourth-order valence-electron chi connectivity index (χ4n) is 6.23. The van der Waals surface area contributed by atoms with E-state index in [9.17, 15) is 5.11 Å². The van der Waals surface area contributed by atoms with Crippen molar-refractivity contribution in [2.24, 2.45) is 11.3 Å². The first-order chi connectivity index (χ1) is 20.0. The molecule has 0 aliphatic heterocycles. The molecule has 0 aliphatic carbocycles. The Hall–Kier alpha value is -2.78. The summed E-state index contributed by atoms with van der Waals surface area (Å²) in [5, 5.41) is 18.8. The van der Waals surface area contributed by atoms with Gasteiger partial charge in [-0.1, -0.05) is 118 Å². The number of hydrogen-bond donors (Lipinski definition) is 3. The Morgan fingerprint density at radius 3 is 1.66 bits per heavy atom. The Morgan fingerprint density at radius 1 is 0.636 bits per heavy atom. The molecule has 3 aromatic rings. The fraction of sp³-hybridized carbons (Fsp3) is 0.561. The molecule has 0 amide bonds. The van der Waals surface area contributed by atoms with Gasteiger partial charge in [0.25, 0.3) is 0 Å². The molecule has 3 N–H and O–H groups in total. The van der Waals surface area contributed by atoms with Gasteiger partial charge in [-0.2, -0.15) is 0 Å². The normalized spacial score (nSPS) is 14.0. The molecule has 0 spiro atoms. The summed E-state index contributed by atoms with van der Waals surface area (Å²) in [6.07, 6.45) is 2.35. The molecule has 0 saturated heterocycles. The summed E-state index contributed by atoms with van der Waals surface area (Å²) in [5.41, 5.74) is 7.94. The molecule has 0 aromatic heterocycles. The quantitative estimate of drug-likeness (QED) is 0.217. The molecule has 0 saturated carbocycles. The summed E-state index contributed by atoms with van der Waals surface area (Å²) in [6, 6.07) is 22.3. The number of aromatic hydroxyl groups is 1. The summed E-state index contributed by atoms with van der Waals surface area (Å²) in [5.74, 6) is 1.08. The lowest BCUT2D eigenvalue weighted by Gasteiger charge is -2.31. The van der Waals surface area contributed by atoms with Crippen molar-refractivity contribution in [1.82, 2.24) is 5.32 Å². The van der Waals surface area contributed by atoms with Crippen LogP contribution < -0.4 is 10.6 Å². The lowest BCUT2D eigenvalue weighted by molar-refractivity contribution is 0.306. The Kier molecular flexibility index (Phi) is 10.5. The van der Waals surface area contributed by atoms with Crippen LogP contribution in [-0.4, -0.2) is 5.11 Å². The molecule has 3 rings (SSSR count). The second-order valence-corrected chi connectivity index (χ2v) is 17.6. The number of hydrogen-bond acceptors (Lipinski definition) is 3. The molecule has 0 bridgehead atoms. The third-order valence-electron chi connectivity index (χ3n) is 8.87. The van der Waals surface area contributed by atoms with Gasteiger partial charge in [0.05, 0.1) is 5.54 Å². The highest BCUT2D eigenvalue weighted by molar-refractivity contribution is 5.51. The van der Waals surface area contributed by atoms with Crippen molar-refractivity contribution >= 4 is 5.69 Å². The maximum atomic E-state index is 11.3. The van der Waals surface area contributed by atoms with Crippen molar-refractivity contribution in [3.63, 3.8) is 0 Å². The van der Waals surface area contributed by atoms with E-state index >= 15 is 0 Å². The van der Waals surface area contributed by atoms with Gasteiger partial charge in [0.1, 0.15) is 5.75 Å². The molecular formula is C41H62N2O. The highest BCUT2D eigenvalue weighted by Crippen LogP contribution is 2.38. The van der Waals surface area contributed by atoms with E-state index in [4.69, 9.17) is 0 Å². The SMILES string of the molecule is CC(Cc1ccc(C(C)(C)Nc2ccc(C(C)(C)NCc3cc(C(C)(C)C)cc(C(C)(C)C)c3O)cc2)cc1)CC(C)(C)C. The second kappa shape index (κ2) is 12.9. The Balaban J connectivity index is 1.71. The number of anilines is 1. The van der Waals surface area contributed by atoms with Crippen molar-refractivity contribution < 1.29 is 5.11 Å². The van der Waals surface area contributed by atoms with Gasteiger partial charge in [-0.3, -0.25) is 0 Å². The van der Waals surface area contributed by atoms with E-state index < -0.39 is 0 Å². The third kappa shape index (κ3) is 9.61. The van der Waals surface area contributed by atoms with Gasteiger partial charge in [0, 0.05) is 23.3 Å². The molecule has 0 fully saturated rings. The molecule has 3 nitrogen and oxygen atoms in total. The summed E-state index contributed by atoms with van der Waals surface area (Å²) >= 11 is 0. The first-order valence-corrected chi connectivity index (χ1v) is 16.6. The number of nitrogens with one attached hydrogen (secondary N) is 2. The first kappa shape index (κ1) is 35.7. The van der Waals surface area contributed by atoms with Crippen molar-refractivity contribution in [1.29, 1.82) is 0 Å². The maximum Gasteiger partial charge on any atom is 0.123 e. The molecule has 1 unspecified atom stereocenters. The number of phenolic OH excluding ortho intramolecular Hbond substituents is 1. The van der Waals surface area contributed by atoms with Crippen molar-refractivity contribution in [2.75, 3.05) is 5.32 Å². The maximum absolute atomic E-state index is 11.3. The van der Waals surface area contributed by atoms with Gasteiger partial charge in [-0.25, -0.2) is 0 Å². The zero-order valence-corrected chi connectivity index (χ0v) is 30.4. The average molecular weight is 599 g/mol. The van der Waals surface area contributed by atoms with E-state index in [1.165, 1.54) is 28.7 Å². The Bertz CT molecular complexity index is 1380. The van der Waals surface area contributed by atoms with E-state index in [0.29, 0.717) is 23.6 Å². The monoisotopic (exact) mass is 598 g/mol. The van der Waals surface area contributed by atoms with Crippen LogP contribution in [0.1, 0.15) is 137 Å². The summed E-state index contributed by atoms with van der Waals surface area (Å²) in [6.45, 7) is 32.0. The van der Waals surface area contributed by atoms with E-state index in [1.54, 1.807) is 0 Å². The van der Waals surface area contributed by atoms with Crippen molar-refractivity contribution in [3.05, 3.63) is 94.0 Å². The van der Waals surface area contributed by atoms with Crippen LogP contribution in [-0.2, 0) is 34.9 Å². The van der Waals surface area contributed by atoms with Crippen LogP contribution in [0, 0.1) is 11.3 Å². The minimum Gasteiger partial charge on any atom is -0.507 e. The number of benzene rings is 3. The van der Waals surface area contributed by atoms with Gasteiger partial charge >= 0.3 is 0 Å². The summed E-state index contributed by atoms with van der Waals surface area (Å²) < 4.78 is 0. The Labute approximate surface area is 270 Å². The zero-order chi connectivity index (χ0) is 33.3. The molecule has 44 heavy (non-hydrogen) atoms. The van der Waals surface area contributed by atoms with Crippen LogP contribution in [0.3, 0.4) is 0 Å². The minimum atomic E-state index is -0.278. The average Bonchev–Trinajstić information content (AvgIpc) is 2.86. The number of phenols is 1. The first-order valence-electron chi connectivity index (χ1n) is 16.6. The van der Waals surface area contributed by atoms with E-state index in [-0.39, 0.29) is 21.9 Å². The van der Waals surface area contributed by atoms with Gasteiger partial charge in [0.2, 0.25) is 0 Å². The molecule has 0 aliphatic rings. The Morgan fingerprint density at radius 2 is 1.16 bits per heavy atom. The molecule has 1 atom stereocenters. The van der Waals surface area contributed by atoms with Crippen LogP contribution in [0.15, 0.2) is 60.7 Å². The van der Waals surface area contributed by atoms with Crippen LogP contribution in [0.5, 0.6) is 5.75 Å². The van der Waals surface area contributed by atoms with E-state index in [2.05, 4.69) is 168 Å². The van der Waals surface area contributed by atoms with Gasteiger partial charge in [-0.15, -0.1) is 0 Å². The molecule has 3 aromatic carbocycles. The highest BCUT2D eigenvalue weighted by atomic mass is 16.3. The molecule has 0 heterocycles. The molecular weight excluding hydrogens is 536 g/mol. The molecule has 3 heteroatoms. The smallest absolute Gasteiger partial charge is 0.123 e. The standard InChI is InChI=1S/C41H62N2O/c1-28(26-37(2,3)4)23-29-15-17-32(18-16-29)41(13,14)43-34-21-19-31(20-22-34)40(11,12)42-27-30-24-33(38(5,6)7)25-35(36(30)44)39(8,9)10/h15-22,24-25,28,42-44H,23,26-27H2,1-14H3. The van der Waals surface area contributed by atoms with Crippen LogP contribution in [0.4, 0.5) is 5.69 Å². The van der Waals surface area contributed by atoms with Gasteiger partial charge < -0.3 is 15.7 Å². The van der Waals surface area contributed by atoms with Crippen LogP contribution >= 0.6 is 0 Å². The largest absolute Gasteiger partial charge is 0.507 e. The second-order valence-electron chi connectivity index (χ2n) is 17.6. The fourth-order valence-corrected chi connectivity index (χ4v) is 6.23. The van der Waals surface area contributed by atoms with Gasteiger partial charge in [-0.05, 0) is 103 Å². The van der Waals surface area contributed by atoms with E-state index in [1.807, 2.05) is 0 Å². The molecule has 0 radical (unpaired) electrons. The predicted octanol–water partition coefficient (Wildman–Crippen LogP) is 11.0. The third-order valence-corrected chi connectivity index (χ3v) is 8.87. The topological polar surface area (TPSA) is 44.3 Å². The van der Waals surface area contributed by atoms with E-state index in [0.717, 1.165) is 23.2 Å². The van der Waals surface area contributed by atoms with Gasteiger partial charge in [0.15, 0.2) is 0 Å². The zero-order valence-electron chi connectivity index (χ0n) is 30.4. The predicted molar refractivity (Wildman–Crippen MR) is 192 cm³/mol. The minimum absolute atomic E-state index is 0.00126. The van der Waals surface area contributed by atoms with Crippen LogP contribution in [0.2, 0.25) is 0 Å². The summed E-state index contributed by atoms with van der Waals surface area (Å²) in [4.78, 5) is 0.